The summed E-state index contributed by atoms with van der Waals surface area (Å²) in [7, 11) is 0. The number of alkyl halides is 2. The summed E-state index contributed by atoms with van der Waals surface area (Å²) < 4.78 is 39.1. The van der Waals surface area contributed by atoms with E-state index in [4.69, 9.17) is 9.99 Å². The van der Waals surface area contributed by atoms with Gasteiger partial charge in [-0.2, -0.15) is 8.78 Å². The number of hydrogen-bond donors (Lipinski definition) is 1. The smallest absolute Gasteiger partial charge is 0.415 e. The van der Waals surface area contributed by atoms with Gasteiger partial charge in [0, 0.05) is 6.42 Å². The Bertz CT molecular complexity index is 567. The van der Waals surface area contributed by atoms with Gasteiger partial charge in [0.15, 0.2) is 5.78 Å². The summed E-state index contributed by atoms with van der Waals surface area (Å²) in [6.07, 6.45) is 1.47. The van der Waals surface area contributed by atoms with Crippen molar-refractivity contribution in [1.29, 1.82) is 0 Å². The number of ether oxygens (including phenoxy) is 2. The van der Waals surface area contributed by atoms with Gasteiger partial charge in [-0.25, -0.2) is 10.1 Å². The molecule has 2 atom stereocenters. The van der Waals surface area contributed by atoms with Crippen LogP contribution in [-0.2, 0) is 33.2 Å². The Balaban J connectivity index is 1.83. The van der Waals surface area contributed by atoms with E-state index in [9.17, 15) is 23.2 Å². The van der Waals surface area contributed by atoms with E-state index >= 15 is 0 Å². The standard InChI is InChI=1S/C14H18F2O8S/c1-12(2)8-3-4-13(12,9(17)7-8)10(18)21-5-6-22-11(19)14(15,16)25-24-23-20/h8,20H,3-7H2,1-2H3. The number of carbonyl (C=O) groups is 3. The Morgan fingerprint density at radius 3 is 2.48 bits per heavy atom. The maximum absolute atomic E-state index is 13.1. The number of carbonyl (C=O) groups excluding carboxylic acids is 3. The highest BCUT2D eigenvalue weighted by Gasteiger charge is 2.69. The lowest BCUT2D eigenvalue weighted by Gasteiger charge is -2.33. The summed E-state index contributed by atoms with van der Waals surface area (Å²) in [5, 5.41) is 6.65. The molecule has 25 heavy (non-hydrogen) atoms. The Morgan fingerprint density at radius 2 is 1.96 bits per heavy atom. The Labute approximate surface area is 146 Å². The molecule has 2 aliphatic rings. The van der Waals surface area contributed by atoms with E-state index in [-0.39, 0.29) is 11.7 Å². The molecule has 0 aromatic heterocycles. The molecule has 0 spiro atoms. The second kappa shape index (κ2) is 7.14. The van der Waals surface area contributed by atoms with Crippen LogP contribution < -0.4 is 0 Å². The summed E-state index contributed by atoms with van der Waals surface area (Å²) in [4.78, 5) is 35.8. The van der Waals surface area contributed by atoms with Crippen molar-refractivity contribution >= 4 is 29.8 Å². The molecule has 1 N–H and O–H groups in total. The molecule has 0 aromatic carbocycles. The van der Waals surface area contributed by atoms with Crippen LogP contribution in [0.3, 0.4) is 0 Å². The monoisotopic (exact) mass is 384 g/mol. The van der Waals surface area contributed by atoms with Gasteiger partial charge in [-0.3, -0.25) is 9.59 Å². The van der Waals surface area contributed by atoms with Crippen molar-refractivity contribution in [2.24, 2.45) is 16.7 Å². The third-order valence-corrected chi connectivity index (χ3v) is 5.71. The number of hydrogen-bond acceptors (Lipinski definition) is 9. The molecular weight excluding hydrogens is 366 g/mol. The summed E-state index contributed by atoms with van der Waals surface area (Å²) in [5.41, 5.74) is -1.74. The Hall–Kier alpha value is -1.30. The number of rotatable bonds is 8. The minimum Gasteiger partial charge on any atom is -0.461 e. The lowest BCUT2D eigenvalue weighted by atomic mass is 9.69. The predicted octanol–water partition coefficient (Wildman–Crippen LogP) is 2.13. The van der Waals surface area contributed by atoms with Crippen LogP contribution in [0, 0.1) is 16.7 Å². The summed E-state index contributed by atoms with van der Waals surface area (Å²) in [5.74, 6) is -2.71. The van der Waals surface area contributed by atoms with Gasteiger partial charge in [-0.15, -0.1) is 4.33 Å². The number of fused-ring (bicyclic) bond motifs is 2. The molecule has 142 valence electrons. The van der Waals surface area contributed by atoms with Crippen LogP contribution in [0.15, 0.2) is 0 Å². The zero-order valence-corrected chi connectivity index (χ0v) is 14.4. The first-order valence-electron chi connectivity index (χ1n) is 7.51. The van der Waals surface area contributed by atoms with Crippen LogP contribution in [-0.4, -0.2) is 41.4 Å². The summed E-state index contributed by atoms with van der Waals surface area (Å²) in [6.45, 7) is 2.61. The van der Waals surface area contributed by atoms with Crippen LogP contribution >= 0.6 is 12.0 Å². The summed E-state index contributed by atoms with van der Waals surface area (Å²) >= 11 is -0.752. The average Bonchev–Trinajstić information content (AvgIpc) is 2.91. The van der Waals surface area contributed by atoms with E-state index in [0.717, 1.165) is 6.42 Å². The fourth-order valence-electron chi connectivity index (χ4n) is 3.72. The van der Waals surface area contributed by atoms with E-state index in [2.05, 4.69) is 14.1 Å². The van der Waals surface area contributed by atoms with E-state index in [1.807, 2.05) is 13.8 Å². The highest BCUT2D eigenvalue weighted by molar-refractivity contribution is 7.96. The van der Waals surface area contributed by atoms with Gasteiger partial charge in [0.2, 0.25) is 0 Å². The normalized spacial score (nSPS) is 27.4. The fraction of sp³-hybridized carbons (Fsp3) is 0.786. The molecule has 2 aliphatic carbocycles. The van der Waals surface area contributed by atoms with Gasteiger partial charge >= 0.3 is 17.2 Å². The Kier molecular flexibility index (Phi) is 5.71. The second-order valence-electron chi connectivity index (χ2n) is 6.50. The van der Waals surface area contributed by atoms with Crippen molar-refractivity contribution < 1.29 is 47.3 Å². The van der Waals surface area contributed by atoms with Crippen LogP contribution in [0.25, 0.3) is 0 Å². The van der Waals surface area contributed by atoms with Gasteiger partial charge in [0.05, 0.1) is 0 Å². The maximum atomic E-state index is 13.1. The van der Waals surface area contributed by atoms with Gasteiger partial charge < -0.3 is 9.47 Å². The van der Waals surface area contributed by atoms with Crippen molar-refractivity contribution in [2.45, 2.75) is 38.4 Å². The van der Waals surface area contributed by atoms with E-state index in [1.54, 1.807) is 0 Å². The van der Waals surface area contributed by atoms with Crippen LogP contribution in [0.4, 0.5) is 8.78 Å². The van der Waals surface area contributed by atoms with Crippen LogP contribution in [0.1, 0.15) is 33.1 Å². The minimum atomic E-state index is -4.12. The first kappa shape index (κ1) is 20.0. The molecule has 2 saturated carbocycles. The number of Topliss-reactive ketones (excluding diaryl/α,β-unsaturated/α-hetero) is 1. The molecule has 0 amide bonds. The van der Waals surface area contributed by atoms with E-state index < -0.39 is 53.3 Å². The first-order valence-corrected chi connectivity index (χ1v) is 8.25. The van der Waals surface area contributed by atoms with Crippen LogP contribution in [0.5, 0.6) is 0 Å². The molecule has 2 bridgehead atoms. The van der Waals surface area contributed by atoms with Crippen molar-refractivity contribution in [3.8, 4) is 0 Å². The molecular formula is C14H18F2O8S. The fourth-order valence-corrected chi connectivity index (χ4v) is 3.97. The largest absolute Gasteiger partial charge is 0.461 e. The predicted molar refractivity (Wildman–Crippen MR) is 77.8 cm³/mol. The van der Waals surface area contributed by atoms with E-state index in [0.29, 0.717) is 12.8 Å². The van der Waals surface area contributed by atoms with Crippen molar-refractivity contribution in [3.63, 3.8) is 0 Å². The molecule has 0 heterocycles. The van der Waals surface area contributed by atoms with Gasteiger partial charge in [-0.05, 0) is 24.2 Å². The highest BCUT2D eigenvalue weighted by Crippen LogP contribution is 2.64. The van der Waals surface area contributed by atoms with E-state index in [1.165, 1.54) is 0 Å². The van der Waals surface area contributed by atoms with Crippen molar-refractivity contribution in [2.75, 3.05) is 13.2 Å². The highest BCUT2D eigenvalue weighted by atomic mass is 32.2. The molecule has 0 aromatic rings. The Morgan fingerprint density at radius 1 is 1.32 bits per heavy atom. The van der Waals surface area contributed by atoms with Gasteiger partial charge in [0.25, 0.3) is 0 Å². The maximum Gasteiger partial charge on any atom is 0.415 e. The minimum absolute atomic E-state index is 0.120. The molecule has 2 fully saturated rings. The average molecular weight is 384 g/mol. The first-order chi connectivity index (χ1) is 11.6. The number of esters is 2. The molecule has 0 radical (unpaired) electrons. The van der Waals surface area contributed by atoms with Crippen LogP contribution in [0.2, 0.25) is 0 Å². The molecule has 2 rings (SSSR count). The van der Waals surface area contributed by atoms with Gasteiger partial charge in [-0.1, -0.05) is 18.9 Å². The third kappa shape index (κ3) is 3.37. The number of halogens is 2. The molecule has 0 saturated heterocycles. The van der Waals surface area contributed by atoms with Crippen molar-refractivity contribution in [1.82, 2.24) is 0 Å². The quantitative estimate of drug-likeness (QED) is 0.168. The SMILES string of the molecule is CC1(C)C2CCC1(C(=O)OCCOC(=O)C(F)(F)SOOO)C(=O)C2. The second-order valence-corrected chi connectivity index (χ2v) is 7.32. The zero-order chi connectivity index (χ0) is 18.9. The molecule has 11 heteroatoms. The molecule has 8 nitrogen and oxygen atoms in total. The zero-order valence-electron chi connectivity index (χ0n) is 13.6. The lowest BCUT2D eigenvalue weighted by molar-refractivity contribution is -0.433. The topological polar surface area (TPSA) is 108 Å². The number of ketones is 1. The third-order valence-electron chi connectivity index (χ3n) is 5.20. The molecule has 2 unspecified atom stereocenters. The lowest BCUT2D eigenvalue weighted by Crippen LogP contribution is -2.45. The van der Waals surface area contributed by atoms with Gasteiger partial charge in [0.1, 0.15) is 30.7 Å². The molecule has 0 aliphatic heterocycles. The summed E-state index contributed by atoms with van der Waals surface area (Å²) in [6, 6.07) is 0. The van der Waals surface area contributed by atoms with Crippen molar-refractivity contribution in [3.05, 3.63) is 0 Å².